The van der Waals surface area contributed by atoms with Gasteiger partial charge in [-0.2, -0.15) is 0 Å². The van der Waals surface area contributed by atoms with Gasteiger partial charge in [0.25, 0.3) is 11.8 Å². The van der Waals surface area contributed by atoms with E-state index in [0.29, 0.717) is 22.8 Å². The van der Waals surface area contributed by atoms with Gasteiger partial charge in [-0.1, -0.05) is 24.3 Å². The molecule has 0 spiro atoms. The zero-order valence-electron chi connectivity index (χ0n) is 15.8. The number of nitrogens with one attached hydrogen (secondary N) is 2. The summed E-state index contributed by atoms with van der Waals surface area (Å²) in [5.41, 5.74) is 1.09. The summed E-state index contributed by atoms with van der Waals surface area (Å²) in [4.78, 5) is 30.1. The Bertz CT molecular complexity index is 1220. The van der Waals surface area contributed by atoms with E-state index in [-0.39, 0.29) is 11.7 Å². The van der Waals surface area contributed by atoms with Gasteiger partial charge < -0.3 is 10.6 Å². The number of carbonyl (C=O) groups is 2. The number of thiophene rings is 1. The molecule has 30 heavy (non-hydrogen) atoms. The van der Waals surface area contributed by atoms with E-state index in [4.69, 9.17) is 0 Å². The van der Waals surface area contributed by atoms with Crippen LogP contribution in [0.5, 0.6) is 0 Å². The molecule has 4 aromatic rings. The quantitative estimate of drug-likeness (QED) is 0.514. The number of nitrogens with zero attached hydrogens (tertiary/aromatic N) is 3. The minimum Gasteiger partial charge on any atom is -0.355 e. The summed E-state index contributed by atoms with van der Waals surface area (Å²) in [5, 5.41) is 11.4. The van der Waals surface area contributed by atoms with Crippen molar-refractivity contribution in [3.8, 4) is 16.4 Å². The van der Waals surface area contributed by atoms with Crippen LogP contribution in [0.25, 0.3) is 16.4 Å². The van der Waals surface area contributed by atoms with E-state index in [9.17, 15) is 14.0 Å². The number of benzene rings is 2. The molecule has 0 fully saturated rings. The van der Waals surface area contributed by atoms with Crippen LogP contribution in [0.15, 0.2) is 66.0 Å². The first-order valence-corrected chi connectivity index (χ1v) is 9.84. The lowest BCUT2D eigenvalue weighted by molar-refractivity contribution is 0.0964. The first kappa shape index (κ1) is 19.5. The summed E-state index contributed by atoms with van der Waals surface area (Å²) < 4.78 is 15.2. The zero-order valence-corrected chi connectivity index (χ0v) is 16.6. The Labute approximate surface area is 175 Å². The van der Waals surface area contributed by atoms with Crippen LogP contribution in [0.2, 0.25) is 0 Å². The molecule has 2 aromatic heterocycles. The zero-order chi connectivity index (χ0) is 21.1. The lowest BCUT2D eigenvalue weighted by atomic mass is 10.1. The van der Waals surface area contributed by atoms with Crippen LogP contribution in [-0.2, 0) is 0 Å². The molecule has 0 atom stereocenters. The molecule has 0 saturated heterocycles. The summed E-state index contributed by atoms with van der Waals surface area (Å²) in [6.07, 6.45) is 0. The Morgan fingerprint density at radius 2 is 1.87 bits per heavy atom. The summed E-state index contributed by atoms with van der Waals surface area (Å²) in [7, 11) is 1.51. The molecule has 4 rings (SSSR count). The van der Waals surface area contributed by atoms with Crippen LogP contribution in [0.1, 0.15) is 21.0 Å². The van der Waals surface area contributed by atoms with Crippen molar-refractivity contribution in [2.24, 2.45) is 0 Å². The summed E-state index contributed by atoms with van der Waals surface area (Å²) >= 11 is 1.43. The van der Waals surface area contributed by atoms with Crippen LogP contribution in [0.4, 0.5) is 10.1 Å². The standard InChI is InChI=1S/C21H16FN5O2S/c1-23-20(28)15-8-2-3-9-16(15)24-21(29)18-25-19(17-10-5-11-30-17)27(26-18)14-7-4-6-13(22)12-14/h2-12H,1H3,(H,23,28)(H,24,29). The van der Waals surface area contributed by atoms with Crippen molar-refractivity contribution in [3.63, 3.8) is 0 Å². The molecule has 0 bridgehead atoms. The van der Waals surface area contributed by atoms with E-state index < -0.39 is 11.7 Å². The fourth-order valence-electron chi connectivity index (χ4n) is 2.86. The predicted octanol–water partition coefficient (Wildman–Crippen LogP) is 3.75. The predicted molar refractivity (Wildman–Crippen MR) is 112 cm³/mol. The number of carbonyl (C=O) groups excluding carboxylic acids is 2. The molecule has 0 aliphatic heterocycles. The minimum atomic E-state index is -0.584. The Hall–Kier alpha value is -3.85. The van der Waals surface area contributed by atoms with Gasteiger partial charge in [-0.15, -0.1) is 16.4 Å². The largest absolute Gasteiger partial charge is 0.355 e. The van der Waals surface area contributed by atoms with Crippen molar-refractivity contribution >= 4 is 28.8 Å². The van der Waals surface area contributed by atoms with E-state index in [0.717, 1.165) is 4.88 Å². The topological polar surface area (TPSA) is 88.9 Å². The molecule has 2 amide bonds. The summed E-state index contributed by atoms with van der Waals surface area (Å²) in [6, 6.07) is 16.2. The molecule has 0 aliphatic carbocycles. The number of para-hydroxylation sites is 1. The van der Waals surface area contributed by atoms with Crippen LogP contribution < -0.4 is 10.6 Å². The maximum Gasteiger partial charge on any atom is 0.295 e. The highest BCUT2D eigenvalue weighted by atomic mass is 32.1. The van der Waals surface area contributed by atoms with Gasteiger partial charge in [0.2, 0.25) is 5.82 Å². The van der Waals surface area contributed by atoms with Crippen molar-refractivity contribution < 1.29 is 14.0 Å². The van der Waals surface area contributed by atoms with Gasteiger partial charge in [0.05, 0.1) is 21.8 Å². The van der Waals surface area contributed by atoms with E-state index in [1.54, 1.807) is 36.4 Å². The van der Waals surface area contributed by atoms with Crippen molar-refractivity contribution in [1.82, 2.24) is 20.1 Å². The second-order valence-corrected chi connectivity index (χ2v) is 7.15. The van der Waals surface area contributed by atoms with Gasteiger partial charge in [-0.25, -0.2) is 14.1 Å². The summed E-state index contributed by atoms with van der Waals surface area (Å²) in [6.45, 7) is 0. The maximum atomic E-state index is 13.8. The Morgan fingerprint density at radius 3 is 2.60 bits per heavy atom. The number of amides is 2. The first-order chi connectivity index (χ1) is 14.6. The average molecular weight is 421 g/mol. The van der Waals surface area contributed by atoms with E-state index in [2.05, 4.69) is 20.7 Å². The van der Waals surface area contributed by atoms with Gasteiger partial charge in [-0.05, 0) is 41.8 Å². The molecule has 0 radical (unpaired) electrons. The first-order valence-electron chi connectivity index (χ1n) is 8.96. The molecule has 2 N–H and O–H groups in total. The van der Waals surface area contributed by atoms with E-state index in [1.165, 1.54) is 35.2 Å². The number of rotatable bonds is 5. The molecular formula is C21H16FN5O2S. The molecule has 0 saturated carbocycles. The van der Waals surface area contributed by atoms with Gasteiger partial charge in [0.1, 0.15) is 5.82 Å². The molecule has 0 aliphatic rings. The SMILES string of the molecule is CNC(=O)c1ccccc1NC(=O)c1nc(-c2cccs2)n(-c2cccc(F)c2)n1. The third-order valence-electron chi connectivity index (χ3n) is 4.25. The lowest BCUT2D eigenvalue weighted by Gasteiger charge is -2.08. The van der Waals surface area contributed by atoms with E-state index >= 15 is 0 Å². The molecule has 9 heteroatoms. The van der Waals surface area contributed by atoms with Crippen LogP contribution in [0, 0.1) is 5.82 Å². The molecule has 150 valence electrons. The molecule has 2 aromatic carbocycles. The molecular weight excluding hydrogens is 405 g/mol. The van der Waals surface area contributed by atoms with Gasteiger partial charge in [0.15, 0.2) is 5.82 Å². The Kier molecular flexibility index (Phi) is 5.36. The highest BCUT2D eigenvalue weighted by Crippen LogP contribution is 2.26. The van der Waals surface area contributed by atoms with Crippen LogP contribution in [0.3, 0.4) is 0 Å². The van der Waals surface area contributed by atoms with Crippen molar-refractivity contribution in [1.29, 1.82) is 0 Å². The van der Waals surface area contributed by atoms with E-state index in [1.807, 2.05) is 17.5 Å². The lowest BCUT2D eigenvalue weighted by Crippen LogP contribution is -2.22. The summed E-state index contributed by atoms with van der Waals surface area (Å²) in [5.74, 6) is -1.02. The molecule has 7 nitrogen and oxygen atoms in total. The third-order valence-corrected chi connectivity index (χ3v) is 5.12. The van der Waals surface area contributed by atoms with Crippen molar-refractivity contribution in [2.45, 2.75) is 0 Å². The average Bonchev–Trinajstić information content (AvgIpc) is 3.43. The number of halogens is 1. The fraction of sp³-hybridized carbons (Fsp3) is 0.0476. The Balaban J connectivity index is 1.73. The smallest absolute Gasteiger partial charge is 0.295 e. The third kappa shape index (κ3) is 3.83. The number of anilines is 1. The molecule has 2 heterocycles. The minimum absolute atomic E-state index is 0.102. The highest BCUT2D eigenvalue weighted by Gasteiger charge is 2.21. The molecule has 0 unspecified atom stereocenters. The van der Waals surface area contributed by atoms with Crippen LogP contribution >= 0.6 is 11.3 Å². The maximum absolute atomic E-state index is 13.8. The normalized spacial score (nSPS) is 10.6. The van der Waals surface area contributed by atoms with Gasteiger partial charge in [-0.3, -0.25) is 9.59 Å². The number of aromatic nitrogens is 3. The second kappa shape index (κ2) is 8.26. The van der Waals surface area contributed by atoms with Crippen molar-refractivity contribution in [2.75, 3.05) is 12.4 Å². The number of hydrogen-bond donors (Lipinski definition) is 2. The second-order valence-electron chi connectivity index (χ2n) is 6.21. The van der Waals surface area contributed by atoms with Crippen LogP contribution in [-0.4, -0.2) is 33.6 Å². The monoisotopic (exact) mass is 421 g/mol. The highest BCUT2D eigenvalue weighted by molar-refractivity contribution is 7.13. The van der Waals surface area contributed by atoms with Crippen molar-refractivity contribution in [3.05, 3.63) is 83.2 Å². The van der Waals surface area contributed by atoms with Gasteiger partial charge >= 0.3 is 0 Å². The number of hydrogen-bond acceptors (Lipinski definition) is 5. The fourth-order valence-corrected chi connectivity index (χ4v) is 3.56. The Morgan fingerprint density at radius 1 is 1.03 bits per heavy atom. The van der Waals surface area contributed by atoms with Gasteiger partial charge in [0, 0.05) is 7.05 Å².